The second-order valence-electron chi connectivity index (χ2n) is 5.62. The number of nitrogens with zero attached hydrogens (tertiary/aromatic N) is 1. The number of thiophene rings is 1. The van der Waals surface area contributed by atoms with E-state index in [2.05, 4.69) is 10.3 Å². The van der Waals surface area contributed by atoms with E-state index in [1.807, 2.05) is 38.3 Å². The van der Waals surface area contributed by atoms with Gasteiger partial charge in [-0.15, -0.1) is 11.3 Å². The molecule has 0 aliphatic heterocycles. The number of carbonyl (C=O) groups excluding carboxylic acids is 1. The molecular weight excluding hydrogens is 312 g/mol. The summed E-state index contributed by atoms with van der Waals surface area (Å²) in [6, 6.07) is 3.87. The fourth-order valence-electron chi connectivity index (χ4n) is 2.53. The largest absolute Gasteiger partial charge is 0.440 e. The number of amides is 1. The Kier molecular flexibility index (Phi) is 6.36. The van der Waals surface area contributed by atoms with Crippen LogP contribution in [0, 0.1) is 12.8 Å². The van der Waals surface area contributed by atoms with Gasteiger partial charge in [-0.3, -0.25) is 4.79 Å². The molecule has 1 amide bonds. The van der Waals surface area contributed by atoms with Crippen LogP contribution in [0.2, 0.25) is 0 Å². The van der Waals surface area contributed by atoms with Gasteiger partial charge in [0.2, 0.25) is 11.8 Å². The Morgan fingerprint density at radius 1 is 1.43 bits per heavy atom. The lowest BCUT2D eigenvalue weighted by Crippen LogP contribution is -2.36. The summed E-state index contributed by atoms with van der Waals surface area (Å²) in [5.41, 5.74) is 0.642. The third kappa shape index (κ3) is 4.65. The lowest BCUT2D eigenvalue weighted by atomic mass is 9.96. The number of oxazole rings is 1. The van der Waals surface area contributed by atoms with Crippen molar-refractivity contribution >= 4 is 17.2 Å². The van der Waals surface area contributed by atoms with Crippen LogP contribution in [0.4, 0.5) is 0 Å². The Balaban J connectivity index is 1.91. The van der Waals surface area contributed by atoms with Gasteiger partial charge in [0.25, 0.3) is 0 Å². The predicted molar refractivity (Wildman–Crippen MR) is 91.3 cm³/mol. The molecule has 0 aliphatic rings. The number of rotatable bonds is 8. The molecule has 5 nitrogen and oxygen atoms in total. The molecule has 126 valence electrons. The Labute approximate surface area is 140 Å². The van der Waals surface area contributed by atoms with Crippen LogP contribution in [0.25, 0.3) is 10.8 Å². The Morgan fingerprint density at radius 2 is 2.17 bits per heavy atom. The number of hydrogen-bond acceptors (Lipinski definition) is 5. The van der Waals surface area contributed by atoms with Gasteiger partial charge in [0, 0.05) is 6.54 Å². The molecule has 6 heteroatoms. The molecule has 2 N–H and O–H groups in total. The molecular formula is C17H24N2O3S. The number of aromatic nitrogens is 1. The van der Waals surface area contributed by atoms with E-state index in [1.54, 1.807) is 11.3 Å². The van der Waals surface area contributed by atoms with Gasteiger partial charge >= 0.3 is 0 Å². The molecule has 1 unspecified atom stereocenters. The molecule has 0 fully saturated rings. The maximum absolute atomic E-state index is 12.1. The summed E-state index contributed by atoms with van der Waals surface area (Å²) in [7, 11) is 0. The van der Waals surface area contributed by atoms with Crippen molar-refractivity contribution in [3.05, 3.63) is 29.0 Å². The third-order valence-electron chi connectivity index (χ3n) is 4.05. The van der Waals surface area contributed by atoms with E-state index in [-0.39, 0.29) is 24.8 Å². The zero-order valence-electron chi connectivity index (χ0n) is 13.8. The normalized spacial score (nSPS) is 12.6. The van der Waals surface area contributed by atoms with Crippen LogP contribution in [-0.2, 0) is 11.2 Å². The van der Waals surface area contributed by atoms with E-state index in [9.17, 15) is 9.90 Å². The summed E-state index contributed by atoms with van der Waals surface area (Å²) in [4.78, 5) is 17.4. The van der Waals surface area contributed by atoms with Gasteiger partial charge in [0.05, 0.1) is 23.1 Å². The highest BCUT2D eigenvalue weighted by Crippen LogP contribution is 2.26. The van der Waals surface area contributed by atoms with Crippen LogP contribution in [0.15, 0.2) is 21.9 Å². The molecule has 0 saturated heterocycles. The number of aryl methyl sites for hydroxylation is 1. The van der Waals surface area contributed by atoms with Gasteiger partial charge in [-0.2, -0.15) is 0 Å². The second kappa shape index (κ2) is 8.26. The zero-order chi connectivity index (χ0) is 16.8. The molecule has 0 saturated carbocycles. The van der Waals surface area contributed by atoms with E-state index >= 15 is 0 Å². The summed E-state index contributed by atoms with van der Waals surface area (Å²) in [6.07, 6.45) is 1.46. The minimum Gasteiger partial charge on any atom is -0.440 e. The van der Waals surface area contributed by atoms with Crippen LogP contribution in [0.3, 0.4) is 0 Å². The average Bonchev–Trinajstić information content (AvgIpc) is 3.17. The molecule has 1 atom stereocenters. The lowest BCUT2D eigenvalue weighted by molar-refractivity contribution is -0.121. The van der Waals surface area contributed by atoms with Crippen LogP contribution in [-0.4, -0.2) is 28.6 Å². The first kappa shape index (κ1) is 17.7. The number of carbonyl (C=O) groups is 1. The summed E-state index contributed by atoms with van der Waals surface area (Å²) in [5.74, 6) is 1.28. The van der Waals surface area contributed by atoms with Gasteiger partial charge < -0.3 is 14.8 Å². The van der Waals surface area contributed by atoms with Gasteiger partial charge in [-0.05, 0) is 24.3 Å². The van der Waals surface area contributed by atoms with Crippen molar-refractivity contribution < 1.29 is 14.3 Å². The Morgan fingerprint density at radius 3 is 2.78 bits per heavy atom. The summed E-state index contributed by atoms with van der Waals surface area (Å²) in [5, 5.41) is 14.8. The van der Waals surface area contributed by atoms with Gasteiger partial charge in [-0.1, -0.05) is 32.8 Å². The molecule has 23 heavy (non-hydrogen) atoms. The number of nitrogens with one attached hydrogen (secondary N) is 1. The maximum atomic E-state index is 12.1. The first-order valence-corrected chi connectivity index (χ1v) is 8.88. The number of hydrogen-bond donors (Lipinski definition) is 2. The smallest absolute Gasteiger partial charge is 0.236 e. The van der Waals surface area contributed by atoms with Crippen LogP contribution >= 0.6 is 11.3 Å². The Bertz CT molecular complexity index is 618. The molecule has 0 radical (unpaired) electrons. The fourth-order valence-corrected chi connectivity index (χ4v) is 3.18. The second-order valence-corrected chi connectivity index (χ2v) is 6.57. The van der Waals surface area contributed by atoms with Crippen molar-refractivity contribution in [2.75, 3.05) is 6.54 Å². The number of aliphatic hydroxyl groups is 1. The van der Waals surface area contributed by atoms with E-state index in [4.69, 9.17) is 4.42 Å². The summed E-state index contributed by atoms with van der Waals surface area (Å²) in [6.45, 7) is 6.18. The first-order valence-electron chi connectivity index (χ1n) is 8.00. The van der Waals surface area contributed by atoms with Crippen LogP contribution in [0.5, 0.6) is 0 Å². The van der Waals surface area contributed by atoms with Crippen molar-refractivity contribution in [3.8, 4) is 10.8 Å². The summed E-state index contributed by atoms with van der Waals surface area (Å²) >= 11 is 1.55. The zero-order valence-corrected chi connectivity index (χ0v) is 14.7. The van der Waals surface area contributed by atoms with E-state index < -0.39 is 6.10 Å². The SMILES string of the molecule is CCC(CC)C(O)CNC(=O)Cc1nc(-c2cccs2)oc1C. The highest BCUT2D eigenvalue weighted by atomic mass is 32.1. The molecule has 2 aromatic rings. The molecule has 0 bridgehead atoms. The van der Waals surface area contributed by atoms with Gasteiger partial charge in [0.1, 0.15) is 5.76 Å². The minimum absolute atomic E-state index is 0.149. The van der Waals surface area contributed by atoms with Crippen LogP contribution in [0.1, 0.15) is 38.1 Å². The molecule has 0 aromatic carbocycles. The van der Waals surface area contributed by atoms with E-state index in [1.165, 1.54) is 0 Å². The Hall–Kier alpha value is -1.66. The van der Waals surface area contributed by atoms with Crippen molar-refractivity contribution in [1.29, 1.82) is 0 Å². The molecule has 0 aliphatic carbocycles. The quantitative estimate of drug-likeness (QED) is 0.776. The van der Waals surface area contributed by atoms with Crippen molar-refractivity contribution in [2.24, 2.45) is 5.92 Å². The monoisotopic (exact) mass is 336 g/mol. The minimum atomic E-state index is -0.506. The predicted octanol–water partition coefficient (Wildman–Crippen LogP) is 3.17. The average molecular weight is 336 g/mol. The maximum Gasteiger partial charge on any atom is 0.236 e. The van der Waals surface area contributed by atoms with Crippen molar-refractivity contribution in [3.63, 3.8) is 0 Å². The molecule has 2 heterocycles. The highest BCUT2D eigenvalue weighted by molar-refractivity contribution is 7.13. The topological polar surface area (TPSA) is 75.4 Å². The van der Waals surface area contributed by atoms with Crippen molar-refractivity contribution in [1.82, 2.24) is 10.3 Å². The van der Waals surface area contributed by atoms with Crippen molar-refractivity contribution in [2.45, 2.75) is 46.1 Å². The first-order chi connectivity index (χ1) is 11.0. The standard InChI is InChI=1S/C17H24N2O3S/c1-4-12(5-2)14(20)10-18-16(21)9-13-11(3)22-17(19-13)15-7-6-8-23-15/h6-8,12,14,20H,4-5,9-10H2,1-3H3,(H,18,21). The van der Waals surface area contributed by atoms with Crippen LogP contribution < -0.4 is 5.32 Å². The van der Waals surface area contributed by atoms with Gasteiger partial charge in [-0.25, -0.2) is 4.98 Å². The summed E-state index contributed by atoms with van der Waals surface area (Å²) < 4.78 is 5.63. The highest BCUT2D eigenvalue weighted by Gasteiger charge is 2.18. The fraction of sp³-hybridized carbons (Fsp3) is 0.529. The number of aliphatic hydroxyl groups excluding tert-OH is 1. The third-order valence-corrected chi connectivity index (χ3v) is 4.91. The molecule has 2 aromatic heterocycles. The van der Waals surface area contributed by atoms with E-state index in [0.29, 0.717) is 17.3 Å². The van der Waals surface area contributed by atoms with E-state index in [0.717, 1.165) is 17.7 Å². The molecule has 0 spiro atoms. The lowest BCUT2D eigenvalue weighted by Gasteiger charge is -2.20. The van der Waals surface area contributed by atoms with Gasteiger partial charge in [0.15, 0.2) is 0 Å². The molecule has 2 rings (SSSR count).